The zero-order valence-electron chi connectivity index (χ0n) is 15.9. The van der Waals surface area contributed by atoms with E-state index < -0.39 is 0 Å². The number of amides is 2. The second kappa shape index (κ2) is 10.7. The van der Waals surface area contributed by atoms with Crippen LogP contribution in [0, 0.1) is 11.8 Å². The molecule has 1 aliphatic heterocycles. The molecule has 6 heteroatoms. The van der Waals surface area contributed by atoms with Gasteiger partial charge in [-0.2, -0.15) is 0 Å². The molecule has 1 heterocycles. The molecule has 1 saturated heterocycles. The lowest BCUT2D eigenvalue weighted by Gasteiger charge is -2.35. The fourth-order valence-corrected chi connectivity index (χ4v) is 4.35. The maximum atomic E-state index is 12.8. The van der Waals surface area contributed by atoms with Gasteiger partial charge in [0, 0.05) is 31.2 Å². The zero-order chi connectivity index (χ0) is 18.4. The molecule has 1 saturated carbocycles. The summed E-state index contributed by atoms with van der Waals surface area (Å²) in [5, 5.41) is 3.20. The molecule has 1 aliphatic carbocycles. The van der Waals surface area contributed by atoms with Crippen molar-refractivity contribution in [1.82, 2.24) is 10.2 Å². The predicted octanol–water partition coefficient (Wildman–Crippen LogP) is 2.98. The Morgan fingerprint density at radius 1 is 1.07 bits per heavy atom. The van der Waals surface area contributed by atoms with Crippen LogP contribution >= 0.6 is 12.4 Å². The number of carbonyl (C=O) groups is 2. The van der Waals surface area contributed by atoms with Gasteiger partial charge in [-0.1, -0.05) is 37.5 Å². The van der Waals surface area contributed by atoms with Gasteiger partial charge >= 0.3 is 0 Å². The number of rotatable bonds is 5. The lowest BCUT2D eigenvalue weighted by atomic mass is 9.83. The first-order chi connectivity index (χ1) is 12.7. The summed E-state index contributed by atoms with van der Waals surface area (Å²) in [6.45, 7) is 1.72. The largest absolute Gasteiger partial charge is 0.352 e. The standard InChI is InChI=1S/C21H31N3O2.ClH/c22-14-19(16-8-3-1-4-9-16)23-20(25)18-12-7-13-24(15-18)21(26)17-10-5-2-6-11-17;/h2,5-6,10-11,16,18-19H,1,3-4,7-9,12-15,22H2,(H,23,25);1H. The number of hydrogen-bond acceptors (Lipinski definition) is 3. The highest BCUT2D eigenvalue weighted by molar-refractivity contribution is 5.94. The van der Waals surface area contributed by atoms with Crippen molar-refractivity contribution in [2.45, 2.75) is 51.0 Å². The highest BCUT2D eigenvalue weighted by atomic mass is 35.5. The first kappa shape index (κ1) is 21.7. The van der Waals surface area contributed by atoms with E-state index in [1.807, 2.05) is 35.2 Å². The summed E-state index contributed by atoms with van der Waals surface area (Å²) in [5.41, 5.74) is 6.64. The van der Waals surface area contributed by atoms with E-state index in [0.717, 1.165) is 32.2 Å². The summed E-state index contributed by atoms with van der Waals surface area (Å²) < 4.78 is 0. The number of hydrogen-bond donors (Lipinski definition) is 2. The molecule has 3 rings (SSSR count). The van der Waals surface area contributed by atoms with Crippen molar-refractivity contribution in [2.75, 3.05) is 19.6 Å². The van der Waals surface area contributed by atoms with Crippen LogP contribution in [0.1, 0.15) is 55.3 Å². The molecule has 2 unspecified atom stereocenters. The maximum absolute atomic E-state index is 12.8. The molecule has 150 valence electrons. The summed E-state index contributed by atoms with van der Waals surface area (Å²) in [6.07, 6.45) is 7.79. The molecular formula is C21H32ClN3O2. The van der Waals surface area contributed by atoms with Crippen molar-refractivity contribution in [1.29, 1.82) is 0 Å². The molecule has 0 radical (unpaired) electrons. The molecular weight excluding hydrogens is 362 g/mol. The van der Waals surface area contributed by atoms with E-state index in [9.17, 15) is 9.59 Å². The van der Waals surface area contributed by atoms with Crippen LogP contribution in [0.25, 0.3) is 0 Å². The van der Waals surface area contributed by atoms with Crippen LogP contribution in [-0.4, -0.2) is 42.4 Å². The Hall–Kier alpha value is -1.59. The highest BCUT2D eigenvalue weighted by Gasteiger charge is 2.31. The van der Waals surface area contributed by atoms with Gasteiger partial charge in [-0.05, 0) is 43.7 Å². The second-order valence-electron chi connectivity index (χ2n) is 7.71. The summed E-state index contributed by atoms with van der Waals surface area (Å²) >= 11 is 0. The van der Waals surface area contributed by atoms with Crippen LogP contribution in [0.15, 0.2) is 30.3 Å². The van der Waals surface area contributed by atoms with Crippen molar-refractivity contribution in [3.63, 3.8) is 0 Å². The molecule has 27 heavy (non-hydrogen) atoms. The Labute approximate surface area is 168 Å². The van der Waals surface area contributed by atoms with Crippen molar-refractivity contribution in [3.05, 3.63) is 35.9 Å². The first-order valence-corrected chi connectivity index (χ1v) is 10.0. The SMILES string of the molecule is Cl.NCC(NC(=O)C1CCCN(C(=O)c2ccccc2)C1)C1CCCCC1. The molecule has 2 amide bonds. The van der Waals surface area contributed by atoms with E-state index in [0.29, 0.717) is 24.6 Å². The lowest BCUT2D eigenvalue weighted by molar-refractivity contribution is -0.127. The molecule has 5 nitrogen and oxygen atoms in total. The van der Waals surface area contributed by atoms with Crippen LogP contribution in [0.2, 0.25) is 0 Å². The highest BCUT2D eigenvalue weighted by Crippen LogP contribution is 2.27. The van der Waals surface area contributed by atoms with Gasteiger partial charge < -0.3 is 16.0 Å². The summed E-state index contributed by atoms with van der Waals surface area (Å²) in [4.78, 5) is 27.3. The minimum absolute atomic E-state index is 0. The number of nitrogens with one attached hydrogen (secondary N) is 1. The molecule has 0 spiro atoms. The first-order valence-electron chi connectivity index (χ1n) is 10.0. The fraction of sp³-hybridized carbons (Fsp3) is 0.619. The van der Waals surface area contributed by atoms with Crippen LogP contribution in [-0.2, 0) is 4.79 Å². The molecule has 3 N–H and O–H groups in total. The molecule has 0 bridgehead atoms. The quantitative estimate of drug-likeness (QED) is 0.807. The van der Waals surface area contributed by atoms with E-state index in [1.54, 1.807) is 0 Å². The van der Waals surface area contributed by atoms with E-state index in [4.69, 9.17) is 5.73 Å². The van der Waals surface area contributed by atoms with Gasteiger partial charge in [0.1, 0.15) is 0 Å². The van der Waals surface area contributed by atoms with Gasteiger partial charge in [-0.25, -0.2) is 0 Å². The number of benzene rings is 1. The van der Waals surface area contributed by atoms with E-state index >= 15 is 0 Å². The number of carbonyl (C=O) groups excluding carboxylic acids is 2. The van der Waals surface area contributed by atoms with Crippen LogP contribution < -0.4 is 11.1 Å². The maximum Gasteiger partial charge on any atom is 0.253 e. The van der Waals surface area contributed by atoms with E-state index in [1.165, 1.54) is 19.3 Å². The van der Waals surface area contributed by atoms with Crippen molar-refractivity contribution in [2.24, 2.45) is 17.6 Å². The fourth-order valence-electron chi connectivity index (χ4n) is 4.35. The minimum atomic E-state index is -0.131. The van der Waals surface area contributed by atoms with Gasteiger partial charge in [0.2, 0.25) is 5.91 Å². The van der Waals surface area contributed by atoms with Crippen molar-refractivity contribution in [3.8, 4) is 0 Å². The van der Waals surface area contributed by atoms with Gasteiger partial charge in [0.05, 0.1) is 5.92 Å². The van der Waals surface area contributed by atoms with Crippen LogP contribution in [0.4, 0.5) is 0 Å². The average Bonchev–Trinajstić information content (AvgIpc) is 2.72. The summed E-state index contributed by atoms with van der Waals surface area (Å²) in [5.74, 6) is 0.458. The third-order valence-corrected chi connectivity index (χ3v) is 5.90. The summed E-state index contributed by atoms with van der Waals surface area (Å²) in [7, 11) is 0. The molecule has 2 fully saturated rings. The molecule has 0 aromatic heterocycles. The van der Waals surface area contributed by atoms with Gasteiger partial charge in [-0.3, -0.25) is 9.59 Å². The number of likely N-dealkylation sites (tertiary alicyclic amines) is 1. The third kappa shape index (κ3) is 5.69. The predicted molar refractivity (Wildman–Crippen MR) is 110 cm³/mol. The smallest absolute Gasteiger partial charge is 0.253 e. The number of nitrogens with two attached hydrogens (primary N) is 1. The Morgan fingerprint density at radius 3 is 2.44 bits per heavy atom. The number of piperidine rings is 1. The molecule has 2 aliphatic rings. The van der Waals surface area contributed by atoms with Gasteiger partial charge in [-0.15, -0.1) is 12.4 Å². The topological polar surface area (TPSA) is 75.4 Å². The Bertz CT molecular complexity index is 605. The Kier molecular flexibility index (Phi) is 8.58. The number of halogens is 1. The zero-order valence-corrected chi connectivity index (χ0v) is 16.8. The van der Waals surface area contributed by atoms with Gasteiger partial charge in [0.25, 0.3) is 5.91 Å². The Balaban J connectivity index is 0.00000261. The van der Waals surface area contributed by atoms with Crippen LogP contribution in [0.3, 0.4) is 0 Å². The molecule has 1 aromatic rings. The van der Waals surface area contributed by atoms with Crippen molar-refractivity contribution >= 4 is 24.2 Å². The van der Waals surface area contributed by atoms with Crippen LogP contribution in [0.5, 0.6) is 0 Å². The molecule has 2 atom stereocenters. The second-order valence-corrected chi connectivity index (χ2v) is 7.71. The Morgan fingerprint density at radius 2 is 1.78 bits per heavy atom. The van der Waals surface area contributed by atoms with Crippen molar-refractivity contribution < 1.29 is 9.59 Å². The average molecular weight is 394 g/mol. The monoisotopic (exact) mass is 393 g/mol. The molecule has 1 aromatic carbocycles. The third-order valence-electron chi connectivity index (χ3n) is 5.90. The normalized spacial score (nSPS) is 21.8. The minimum Gasteiger partial charge on any atom is -0.352 e. The summed E-state index contributed by atoms with van der Waals surface area (Å²) in [6, 6.07) is 9.39. The van der Waals surface area contributed by atoms with Gasteiger partial charge in [0.15, 0.2) is 0 Å². The number of nitrogens with zero attached hydrogens (tertiary/aromatic N) is 1. The lowest BCUT2D eigenvalue weighted by Crippen LogP contribution is -2.51. The van der Waals surface area contributed by atoms with E-state index in [2.05, 4.69) is 5.32 Å². The van der Waals surface area contributed by atoms with E-state index in [-0.39, 0.29) is 36.2 Å².